The van der Waals surface area contributed by atoms with Gasteiger partial charge in [-0.1, -0.05) is 0 Å². The molecule has 0 radical (unpaired) electrons. The lowest BCUT2D eigenvalue weighted by Gasteiger charge is -2.08. The number of rotatable bonds is 4. The zero-order valence-electron chi connectivity index (χ0n) is 10.1. The van der Waals surface area contributed by atoms with Crippen molar-refractivity contribution in [2.45, 2.75) is 6.42 Å². The Balaban J connectivity index is 1.99. The minimum Gasteiger partial charge on any atom is -0.492 e. The lowest BCUT2D eigenvalue weighted by atomic mass is 10.2. The summed E-state index contributed by atoms with van der Waals surface area (Å²) in [6.45, 7) is 0.476. The van der Waals surface area contributed by atoms with Crippen LogP contribution in [0.5, 0.6) is 5.75 Å². The quantitative estimate of drug-likeness (QED) is 0.824. The summed E-state index contributed by atoms with van der Waals surface area (Å²) in [4.78, 5) is 4.20. The average molecular weight is 242 g/mol. The lowest BCUT2D eigenvalue weighted by molar-refractivity contribution is 0.316. The summed E-state index contributed by atoms with van der Waals surface area (Å²) in [5.74, 6) is 1.50. The first kappa shape index (κ1) is 12.0. The first-order chi connectivity index (χ1) is 8.70. The summed E-state index contributed by atoms with van der Waals surface area (Å²) in [7, 11) is 1.94. The smallest absolute Gasteiger partial charge is 0.137 e. The minimum absolute atomic E-state index is 0.454. The van der Waals surface area contributed by atoms with Crippen molar-refractivity contribution < 1.29 is 4.74 Å². The third-order valence-electron chi connectivity index (χ3n) is 2.63. The molecule has 2 rings (SSSR count). The molecule has 0 unspecified atom stereocenters. The highest BCUT2D eigenvalue weighted by Crippen LogP contribution is 2.20. The molecule has 0 amide bonds. The van der Waals surface area contributed by atoms with Gasteiger partial charge in [-0.3, -0.25) is 0 Å². The van der Waals surface area contributed by atoms with Gasteiger partial charge in [-0.25, -0.2) is 4.98 Å². The van der Waals surface area contributed by atoms with Gasteiger partial charge in [-0.2, -0.15) is 5.26 Å². The van der Waals surface area contributed by atoms with E-state index in [2.05, 4.69) is 11.1 Å². The van der Waals surface area contributed by atoms with E-state index >= 15 is 0 Å². The van der Waals surface area contributed by atoms with Crippen LogP contribution in [0.2, 0.25) is 0 Å². The fourth-order valence-electron chi connectivity index (χ4n) is 1.65. The largest absolute Gasteiger partial charge is 0.492 e. The van der Waals surface area contributed by atoms with Crippen LogP contribution in [0.3, 0.4) is 0 Å². The van der Waals surface area contributed by atoms with Crippen molar-refractivity contribution in [3.05, 3.63) is 42.0 Å². The Morgan fingerprint density at radius 3 is 3.00 bits per heavy atom. The molecule has 5 nitrogen and oxygen atoms in total. The molecule has 1 aromatic carbocycles. The fourth-order valence-corrected chi connectivity index (χ4v) is 1.65. The van der Waals surface area contributed by atoms with E-state index in [0.717, 1.165) is 5.82 Å². The van der Waals surface area contributed by atoms with Crippen molar-refractivity contribution in [1.29, 1.82) is 5.26 Å². The minimum atomic E-state index is 0.454. The van der Waals surface area contributed by atoms with Gasteiger partial charge in [0.05, 0.1) is 12.2 Å². The van der Waals surface area contributed by atoms with E-state index in [-0.39, 0.29) is 0 Å². The van der Waals surface area contributed by atoms with Gasteiger partial charge < -0.3 is 15.0 Å². The molecule has 92 valence electrons. The van der Waals surface area contributed by atoms with Gasteiger partial charge in [-0.05, 0) is 18.2 Å². The van der Waals surface area contributed by atoms with Crippen molar-refractivity contribution in [2.24, 2.45) is 7.05 Å². The average Bonchev–Trinajstić information content (AvgIpc) is 2.77. The molecule has 18 heavy (non-hydrogen) atoms. The van der Waals surface area contributed by atoms with Crippen molar-refractivity contribution >= 4 is 5.69 Å². The number of hydrogen-bond donors (Lipinski definition) is 1. The Kier molecular flexibility index (Phi) is 3.49. The van der Waals surface area contributed by atoms with Gasteiger partial charge in [0.2, 0.25) is 0 Å². The van der Waals surface area contributed by atoms with Crippen LogP contribution >= 0.6 is 0 Å². The van der Waals surface area contributed by atoms with Crippen LogP contribution in [0.4, 0.5) is 5.69 Å². The molecule has 0 aliphatic heterocycles. The van der Waals surface area contributed by atoms with E-state index in [1.165, 1.54) is 0 Å². The van der Waals surface area contributed by atoms with Crippen LogP contribution < -0.4 is 10.5 Å². The maximum Gasteiger partial charge on any atom is 0.137 e. The number of nitriles is 1. The molecule has 1 heterocycles. The second kappa shape index (κ2) is 5.23. The summed E-state index contributed by atoms with van der Waals surface area (Å²) < 4.78 is 7.52. The van der Waals surface area contributed by atoms with Gasteiger partial charge in [0.1, 0.15) is 17.6 Å². The van der Waals surface area contributed by atoms with Gasteiger partial charge in [0, 0.05) is 31.5 Å². The van der Waals surface area contributed by atoms with Gasteiger partial charge in [-0.15, -0.1) is 0 Å². The molecular formula is C13H14N4O. The molecule has 2 aromatic rings. The zero-order chi connectivity index (χ0) is 13.0. The Bertz CT molecular complexity index is 583. The predicted molar refractivity (Wildman–Crippen MR) is 68.0 cm³/mol. The SMILES string of the molecule is Cn1ccnc1CCOc1ccc(N)cc1C#N. The molecule has 0 spiro atoms. The van der Waals surface area contributed by atoms with E-state index in [0.29, 0.717) is 30.0 Å². The van der Waals surface area contributed by atoms with Gasteiger partial charge in [0.15, 0.2) is 0 Å². The summed E-state index contributed by atoms with van der Waals surface area (Å²) in [5, 5.41) is 8.97. The Labute approximate surface area is 105 Å². The van der Waals surface area contributed by atoms with E-state index in [9.17, 15) is 0 Å². The van der Waals surface area contributed by atoms with E-state index in [4.69, 9.17) is 15.7 Å². The number of nitrogens with zero attached hydrogens (tertiary/aromatic N) is 3. The van der Waals surface area contributed by atoms with Crippen molar-refractivity contribution in [3.8, 4) is 11.8 Å². The Morgan fingerprint density at radius 2 is 2.33 bits per heavy atom. The van der Waals surface area contributed by atoms with Crippen LogP contribution in [0, 0.1) is 11.3 Å². The summed E-state index contributed by atoms with van der Waals surface area (Å²) in [5.41, 5.74) is 6.62. The molecule has 5 heteroatoms. The number of benzene rings is 1. The fraction of sp³-hybridized carbons (Fsp3) is 0.231. The molecule has 0 atom stereocenters. The Morgan fingerprint density at radius 1 is 1.50 bits per heavy atom. The molecule has 2 N–H and O–H groups in total. The number of aryl methyl sites for hydroxylation is 1. The number of anilines is 1. The van der Waals surface area contributed by atoms with Crippen LogP contribution in [-0.2, 0) is 13.5 Å². The molecular weight excluding hydrogens is 228 g/mol. The third kappa shape index (κ3) is 2.61. The number of hydrogen-bond acceptors (Lipinski definition) is 4. The van der Waals surface area contributed by atoms with E-state index in [1.54, 1.807) is 24.4 Å². The molecule has 0 saturated heterocycles. The maximum atomic E-state index is 8.97. The van der Waals surface area contributed by atoms with Gasteiger partial charge >= 0.3 is 0 Å². The predicted octanol–water partition coefficient (Wildman–Crippen LogP) is 1.50. The molecule has 0 fully saturated rings. The topological polar surface area (TPSA) is 76.9 Å². The highest BCUT2D eigenvalue weighted by atomic mass is 16.5. The zero-order valence-corrected chi connectivity index (χ0v) is 10.1. The number of aromatic nitrogens is 2. The summed E-state index contributed by atoms with van der Waals surface area (Å²) in [6, 6.07) is 7.11. The molecule has 0 aliphatic carbocycles. The monoisotopic (exact) mass is 242 g/mol. The summed E-state index contributed by atoms with van der Waals surface area (Å²) >= 11 is 0. The first-order valence-corrected chi connectivity index (χ1v) is 5.59. The number of ether oxygens (including phenoxy) is 1. The molecule has 0 saturated carbocycles. The number of nitrogens with two attached hydrogens (primary N) is 1. The van der Waals surface area contributed by atoms with Crippen molar-refractivity contribution in [2.75, 3.05) is 12.3 Å². The summed E-state index contributed by atoms with van der Waals surface area (Å²) in [6.07, 6.45) is 4.33. The van der Waals surface area contributed by atoms with Crippen molar-refractivity contribution in [1.82, 2.24) is 9.55 Å². The molecule has 0 bridgehead atoms. The second-order valence-corrected chi connectivity index (χ2v) is 3.92. The highest BCUT2D eigenvalue weighted by Gasteiger charge is 2.05. The number of nitrogen functional groups attached to an aromatic ring is 1. The highest BCUT2D eigenvalue weighted by molar-refractivity contribution is 5.53. The van der Waals surface area contributed by atoms with Crippen LogP contribution in [-0.4, -0.2) is 16.2 Å². The van der Waals surface area contributed by atoms with Crippen molar-refractivity contribution in [3.63, 3.8) is 0 Å². The first-order valence-electron chi connectivity index (χ1n) is 5.59. The normalized spacial score (nSPS) is 10.0. The van der Waals surface area contributed by atoms with Crippen LogP contribution in [0.1, 0.15) is 11.4 Å². The van der Waals surface area contributed by atoms with E-state index in [1.807, 2.05) is 17.8 Å². The van der Waals surface area contributed by atoms with Gasteiger partial charge in [0.25, 0.3) is 0 Å². The third-order valence-corrected chi connectivity index (χ3v) is 2.63. The number of imidazole rings is 1. The Hall–Kier alpha value is -2.48. The molecule has 0 aliphatic rings. The maximum absolute atomic E-state index is 8.97. The standard InChI is InChI=1S/C13H14N4O/c1-17-6-5-16-13(17)4-7-18-12-3-2-11(15)8-10(12)9-14/h2-3,5-6,8H,4,7,15H2,1H3. The molecule has 1 aromatic heterocycles. The van der Waals surface area contributed by atoms with E-state index < -0.39 is 0 Å². The second-order valence-electron chi connectivity index (χ2n) is 3.92. The lowest BCUT2D eigenvalue weighted by Crippen LogP contribution is -2.07. The van der Waals surface area contributed by atoms with Crippen LogP contribution in [0.15, 0.2) is 30.6 Å². The van der Waals surface area contributed by atoms with Crippen LogP contribution in [0.25, 0.3) is 0 Å².